The smallest absolute Gasteiger partial charge is 0.206 e. The third-order valence-corrected chi connectivity index (χ3v) is 3.38. The van der Waals surface area contributed by atoms with Crippen LogP contribution in [0.5, 0.6) is 5.75 Å². The molecular formula is C13H11FO2S. The fourth-order valence-electron chi connectivity index (χ4n) is 1.49. The molecule has 0 unspecified atom stereocenters. The second kappa shape index (κ2) is 4.67. The Morgan fingerprint density at radius 2 is 2.12 bits per heavy atom. The molecule has 0 saturated carbocycles. The van der Waals surface area contributed by atoms with E-state index in [1.54, 1.807) is 30.5 Å². The molecule has 2 nitrogen and oxygen atoms in total. The Morgan fingerprint density at radius 1 is 1.35 bits per heavy atom. The summed E-state index contributed by atoms with van der Waals surface area (Å²) in [6.45, 7) is 1.66. The molecule has 0 aliphatic carbocycles. The van der Waals surface area contributed by atoms with Crippen molar-refractivity contribution in [2.45, 2.75) is 6.92 Å². The van der Waals surface area contributed by atoms with Gasteiger partial charge < -0.3 is 4.74 Å². The number of aryl methyl sites for hydroxylation is 1. The maximum atomic E-state index is 13.4. The third kappa shape index (κ3) is 2.22. The lowest BCUT2D eigenvalue weighted by Crippen LogP contribution is -2.01. The molecule has 1 aromatic heterocycles. The van der Waals surface area contributed by atoms with E-state index in [1.165, 1.54) is 24.5 Å². The maximum Gasteiger partial charge on any atom is 0.206 e. The van der Waals surface area contributed by atoms with Crippen LogP contribution < -0.4 is 4.74 Å². The number of hydrogen-bond donors (Lipinski definition) is 0. The van der Waals surface area contributed by atoms with Crippen molar-refractivity contribution in [1.29, 1.82) is 0 Å². The summed E-state index contributed by atoms with van der Waals surface area (Å²) < 4.78 is 18.5. The van der Waals surface area contributed by atoms with Gasteiger partial charge in [-0.15, -0.1) is 11.3 Å². The number of hydrogen-bond acceptors (Lipinski definition) is 3. The number of ether oxygens (including phenoxy) is 1. The minimum absolute atomic E-state index is 0.212. The zero-order valence-corrected chi connectivity index (χ0v) is 10.3. The molecule has 0 amide bonds. The Balaban J connectivity index is 2.40. The van der Waals surface area contributed by atoms with Crippen LogP contribution in [0.25, 0.3) is 0 Å². The second-order valence-electron chi connectivity index (χ2n) is 3.61. The monoisotopic (exact) mass is 250 g/mol. The van der Waals surface area contributed by atoms with Gasteiger partial charge in [0.15, 0.2) is 0 Å². The van der Waals surface area contributed by atoms with Crippen LogP contribution in [0.2, 0.25) is 0 Å². The van der Waals surface area contributed by atoms with E-state index in [1.807, 2.05) is 0 Å². The summed E-state index contributed by atoms with van der Waals surface area (Å²) in [6, 6.07) is 6.21. The molecule has 0 bridgehead atoms. The molecule has 1 aromatic carbocycles. The van der Waals surface area contributed by atoms with Gasteiger partial charge in [0.05, 0.1) is 7.11 Å². The summed E-state index contributed by atoms with van der Waals surface area (Å²) in [5, 5.41) is 1.77. The molecule has 0 aliphatic heterocycles. The van der Waals surface area contributed by atoms with E-state index >= 15 is 0 Å². The number of methoxy groups -OCH3 is 1. The van der Waals surface area contributed by atoms with E-state index < -0.39 is 0 Å². The highest BCUT2D eigenvalue weighted by Gasteiger charge is 2.16. The molecule has 88 valence electrons. The van der Waals surface area contributed by atoms with Gasteiger partial charge in [-0.3, -0.25) is 4.79 Å². The molecule has 0 fully saturated rings. The number of rotatable bonds is 3. The van der Waals surface area contributed by atoms with E-state index in [-0.39, 0.29) is 11.6 Å². The molecule has 0 aliphatic rings. The molecule has 2 aromatic rings. The average molecular weight is 250 g/mol. The van der Waals surface area contributed by atoms with Gasteiger partial charge in [0, 0.05) is 5.56 Å². The molecule has 0 radical (unpaired) electrons. The van der Waals surface area contributed by atoms with Gasteiger partial charge in [-0.25, -0.2) is 4.39 Å². The quantitative estimate of drug-likeness (QED) is 0.780. The highest BCUT2D eigenvalue weighted by atomic mass is 32.1. The first kappa shape index (κ1) is 11.8. The molecule has 4 heteroatoms. The molecule has 1 heterocycles. The summed E-state index contributed by atoms with van der Waals surface area (Å²) in [7, 11) is 1.51. The molecule has 0 N–H and O–H groups in total. The number of carbonyl (C=O) groups excluding carboxylic acids is 1. The zero-order valence-electron chi connectivity index (χ0n) is 9.49. The van der Waals surface area contributed by atoms with E-state index in [0.717, 1.165) is 0 Å². The number of ketones is 1. The lowest BCUT2D eigenvalue weighted by atomic mass is 10.1. The van der Waals surface area contributed by atoms with Crippen molar-refractivity contribution in [3.8, 4) is 5.75 Å². The van der Waals surface area contributed by atoms with Gasteiger partial charge in [0.25, 0.3) is 0 Å². The fraction of sp³-hybridized carbons (Fsp3) is 0.154. The van der Waals surface area contributed by atoms with Gasteiger partial charge in [-0.1, -0.05) is 12.1 Å². The van der Waals surface area contributed by atoms with Gasteiger partial charge in [0.1, 0.15) is 16.4 Å². The first-order valence-electron chi connectivity index (χ1n) is 5.06. The van der Waals surface area contributed by atoms with Gasteiger partial charge in [-0.05, 0) is 30.0 Å². The normalized spacial score (nSPS) is 10.3. The van der Waals surface area contributed by atoms with E-state index in [4.69, 9.17) is 4.74 Å². The van der Waals surface area contributed by atoms with Crippen LogP contribution in [-0.2, 0) is 0 Å². The van der Waals surface area contributed by atoms with Crippen molar-refractivity contribution in [1.82, 2.24) is 0 Å². The highest BCUT2D eigenvalue weighted by molar-refractivity contribution is 7.12. The third-order valence-electron chi connectivity index (χ3n) is 2.49. The summed E-state index contributed by atoms with van der Waals surface area (Å²) in [4.78, 5) is 12.6. The summed E-state index contributed by atoms with van der Waals surface area (Å²) in [5.74, 6) is -0.0527. The number of carbonyl (C=O) groups is 1. The van der Waals surface area contributed by atoms with E-state index in [2.05, 4.69) is 0 Å². The maximum absolute atomic E-state index is 13.4. The van der Waals surface area contributed by atoms with Crippen LogP contribution in [0.4, 0.5) is 4.39 Å². The minimum Gasteiger partial charge on any atom is -0.495 e. The van der Waals surface area contributed by atoms with E-state index in [9.17, 15) is 9.18 Å². The van der Waals surface area contributed by atoms with Crippen LogP contribution in [0, 0.1) is 12.7 Å². The fourth-order valence-corrected chi connectivity index (χ4v) is 2.31. The lowest BCUT2D eigenvalue weighted by molar-refractivity contribution is 0.103. The van der Waals surface area contributed by atoms with Crippen LogP contribution >= 0.6 is 11.3 Å². The zero-order chi connectivity index (χ0) is 12.4. The molecule has 0 spiro atoms. The van der Waals surface area contributed by atoms with Crippen LogP contribution in [0.1, 0.15) is 20.8 Å². The molecule has 0 atom stereocenters. The Labute approximate surface area is 103 Å². The van der Waals surface area contributed by atoms with Crippen molar-refractivity contribution in [3.63, 3.8) is 0 Å². The van der Waals surface area contributed by atoms with Crippen LogP contribution in [0.3, 0.4) is 0 Å². The molecule has 0 saturated heterocycles. The summed E-state index contributed by atoms with van der Waals surface area (Å²) in [5.41, 5.74) is 0.869. The largest absolute Gasteiger partial charge is 0.495 e. The molecule has 2 rings (SSSR count). The van der Waals surface area contributed by atoms with Crippen molar-refractivity contribution in [2.75, 3.05) is 7.11 Å². The number of benzene rings is 1. The molecule has 17 heavy (non-hydrogen) atoms. The SMILES string of the molecule is COc1ccsc1C(=O)c1ccc(C)c(F)c1. The van der Waals surface area contributed by atoms with Crippen molar-refractivity contribution < 1.29 is 13.9 Å². The van der Waals surface area contributed by atoms with Crippen molar-refractivity contribution in [3.05, 3.63) is 51.5 Å². The predicted octanol–water partition coefficient (Wildman–Crippen LogP) is 3.44. The van der Waals surface area contributed by atoms with E-state index in [0.29, 0.717) is 21.8 Å². The lowest BCUT2D eigenvalue weighted by Gasteiger charge is -2.03. The number of thiophene rings is 1. The Kier molecular flexibility index (Phi) is 3.24. The second-order valence-corrected chi connectivity index (χ2v) is 4.53. The van der Waals surface area contributed by atoms with Crippen molar-refractivity contribution >= 4 is 17.1 Å². The average Bonchev–Trinajstić information content (AvgIpc) is 2.80. The summed E-state index contributed by atoms with van der Waals surface area (Å²) in [6.07, 6.45) is 0. The topological polar surface area (TPSA) is 26.3 Å². The Morgan fingerprint density at radius 3 is 2.76 bits per heavy atom. The standard InChI is InChI=1S/C13H11FO2S/c1-8-3-4-9(7-10(8)14)12(15)13-11(16-2)5-6-17-13/h3-7H,1-2H3. The summed E-state index contributed by atoms with van der Waals surface area (Å²) >= 11 is 1.29. The van der Waals surface area contributed by atoms with Gasteiger partial charge in [0.2, 0.25) is 5.78 Å². The first-order valence-corrected chi connectivity index (χ1v) is 5.94. The highest BCUT2D eigenvalue weighted by Crippen LogP contribution is 2.27. The number of halogens is 1. The minimum atomic E-state index is -0.369. The Bertz CT molecular complexity index is 560. The van der Waals surface area contributed by atoms with Crippen LogP contribution in [0.15, 0.2) is 29.6 Å². The van der Waals surface area contributed by atoms with Crippen LogP contribution in [-0.4, -0.2) is 12.9 Å². The van der Waals surface area contributed by atoms with Gasteiger partial charge >= 0.3 is 0 Å². The van der Waals surface area contributed by atoms with Gasteiger partial charge in [-0.2, -0.15) is 0 Å². The first-order chi connectivity index (χ1) is 8.13. The Hall–Kier alpha value is -1.68. The molecular weight excluding hydrogens is 239 g/mol. The van der Waals surface area contributed by atoms with Crippen molar-refractivity contribution in [2.24, 2.45) is 0 Å². The predicted molar refractivity (Wildman–Crippen MR) is 65.4 cm³/mol.